The first kappa shape index (κ1) is 15.7. The van der Waals surface area contributed by atoms with E-state index in [-0.39, 0.29) is 5.56 Å². The highest BCUT2D eigenvalue weighted by Gasteiger charge is 2.12. The van der Waals surface area contributed by atoms with Gasteiger partial charge in [-0.3, -0.25) is 9.36 Å². The number of rotatable bonds is 6. The molecule has 7 heteroatoms. The molecule has 0 spiro atoms. The van der Waals surface area contributed by atoms with Crippen LogP contribution in [-0.2, 0) is 12.3 Å². The second-order valence-corrected chi connectivity index (χ2v) is 6.17. The van der Waals surface area contributed by atoms with Crippen molar-refractivity contribution < 1.29 is 4.42 Å². The van der Waals surface area contributed by atoms with E-state index in [1.807, 2.05) is 24.3 Å². The lowest BCUT2D eigenvalue weighted by molar-refractivity contribution is 0.485. The number of aromatic nitrogens is 4. The Hall–Kier alpha value is -2.15. The topological polar surface area (TPSA) is 73.8 Å². The number of unbranched alkanes of at least 4 members (excludes halogenated alkanes) is 1. The van der Waals surface area contributed by atoms with Crippen molar-refractivity contribution in [2.24, 2.45) is 0 Å². The molecule has 0 aliphatic rings. The molecule has 0 N–H and O–H groups in total. The first-order chi connectivity index (χ1) is 11.2. The van der Waals surface area contributed by atoms with E-state index in [9.17, 15) is 4.79 Å². The molecule has 120 valence electrons. The van der Waals surface area contributed by atoms with Crippen LogP contribution in [0.25, 0.3) is 10.9 Å². The molecule has 3 rings (SSSR count). The quantitative estimate of drug-likeness (QED) is 0.510. The number of hydrogen-bond donors (Lipinski definition) is 0. The summed E-state index contributed by atoms with van der Waals surface area (Å²) in [7, 11) is 0. The minimum Gasteiger partial charge on any atom is -0.425 e. The molecule has 0 aliphatic heterocycles. The van der Waals surface area contributed by atoms with E-state index < -0.39 is 0 Å². The molecule has 0 aliphatic carbocycles. The van der Waals surface area contributed by atoms with Gasteiger partial charge >= 0.3 is 0 Å². The summed E-state index contributed by atoms with van der Waals surface area (Å²) in [5.41, 5.74) is 0.725. The molecule has 23 heavy (non-hydrogen) atoms. The summed E-state index contributed by atoms with van der Waals surface area (Å²) in [6.07, 6.45) is 1.96. The monoisotopic (exact) mass is 330 g/mol. The average Bonchev–Trinajstić information content (AvgIpc) is 2.98. The molecular formula is C16H18N4O2S. The lowest BCUT2D eigenvalue weighted by Crippen LogP contribution is -2.23. The lowest BCUT2D eigenvalue weighted by Gasteiger charge is -2.12. The number of thioether (sulfide) groups is 1. The molecule has 0 saturated heterocycles. The molecule has 0 bridgehead atoms. The van der Waals surface area contributed by atoms with Crippen LogP contribution < -0.4 is 5.56 Å². The molecule has 6 nitrogen and oxygen atoms in total. The average molecular weight is 330 g/mol. The highest BCUT2D eigenvalue weighted by molar-refractivity contribution is 7.98. The number of para-hydroxylation sites is 1. The van der Waals surface area contributed by atoms with E-state index >= 15 is 0 Å². The molecule has 0 radical (unpaired) electrons. The summed E-state index contributed by atoms with van der Waals surface area (Å²) in [5, 5.41) is 9.15. The predicted molar refractivity (Wildman–Crippen MR) is 89.5 cm³/mol. The molecule has 3 aromatic rings. The van der Waals surface area contributed by atoms with Gasteiger partial charge in [0.1, 0.15) is 0 Å². The first-order valence-corrected chi connectivity index (χ1v) is 8.59. The Kier molecular flexibility index (Phi) is 4.76. The Morgan fingerprint density at radius 3 is 2.83 bits per heavy atom. The van der Waals surface area contributed by atoms with Gasteiger partial charge in [-0.05, 0) is 18.6 Å². The fourth-order valence-electron chi connectivity index (χ4n) is 2.29. The molecule has 0 atom stereocenters. The summed E-state index contributed by atoms with van der Waals surface area (Å²) < 4.78 is 7.14. The van der Waals surface area contributed by atoms with Gasteiger partial charge in [-0.1, -0.05) is 37.2 Å². The van der Waals surface area contributed by atoms with E-state index in [1.165, 1.54) is 11.8 Å². The molecule has 2 aromatic heterocycles. The minimum absolute atomic E-state index is 0.00765. The number of aryl methyl sites for hydroxylation is 1. The van der Waals surface area contributed by atoms with Crippen LogP contribution in [0.15, 0.2) is 38.6 Å². The Balaban J connectivity index is 1.97. The first-order valence-electron chi connectivity index (χ1n) is 7.60. The SMILES string of the molecule is CCCCn1c(SCc2nnc(C)o2)nc2ccccc2c1=O. The Labute approximate surface area is 137 Å². The summed E-state index contributed by atoms with van der Waals surface area (Å²) in [6.45, 7) is 4.53. The Morgan fingerprint density at radius 2 is 2.09 bits per heavy atom. The number of benzene rings is 1. The molecule has 1 aromatic carbocycles. The van der Waals surface area contributed by atoms with E-state index in [0.29, 0.717) is 34.6 Å². The fraction of sp³-hybridized carbons (Fsp3) is 0.375. The van der Waals surface area contributed by atoms with Crippen molar-refractivity contribution >= 4 is 22.7 Å². The van der Waals surface area contributed by atoms with Crippen molar-refractivity contribution in [2.45, 2.75) is 44.1 Å². The zero-order chi connectivity index (χ0) is 16.2. The van der Waals surface area contributed by atoms with Crippen molar-refractivity contribution in [3.05, 3.63) is 46.4 Å². The zero-order valence-electron chi connectivity index (χ0n) is 13.2. The van der Waals surface area contributed by atoms with Crippen molar-refractivity contribution in [3.63, 3.8) is 0 Å². The van der Waals surface area contributed by atoms with Gasteiger partial charge in [0.15, 0.2) is 5.16 Å². The van der Waals surface area contributed by atoms with Gasteiger partial charge in [0.05, 0.1) is 16.7 Å². The maximum absolute atomic E-state index is 12.7. The van der Waals surface area contributed by atoms with Gasteiger partial charge in [-0.2, -0.15) is 0 Å². The van der Waals surface area contributed by atoms with Gasteiger partial charge in [-0.15, -0.1) is 10.2 Å². The summed E-state index contributed by atoms with van der Waals surface area (Å²) in [4.78, 5) is 17.4. The van der Waals surface area contributed by atoms with Crippen LogP contribution in [-0.4, -0.2) is 19.7 Å². The number of hydrogen-bond acceptors (Lipinski definition) is 6. The highest BCUT2D eigenvalue weighted by atomic mass is 32.2. The van der Waals surface area contributed by atoms with Crippen molar-refractivity contribution in [1.82, 2.24) is 19.7 Å². The molecule has 2 heterocycles. The minimum atomic E-state index is 0.00765. The third kappa shape index (κ3) is 3.44. The third-order valence-corrected chi connectivity index (χ3v) is 4.42. The molecule has 0 saturated carbocycles. The van der Waals surface area contributed by atoms with Crippen molar-refractivity contribution in [3.8, 4) is 0 Å². The van der Waals surface area contributed by atoms with E-state index in [1.54, 1.807) is 11.5 Å². The molecular weight excluding hydrogens is 312 g/mol. The number of nitrogens with zero attached hydrogens (tertiary/aromatic N) is 4. The van der Waals surface area contributed by atoms with Crippen LogP contribution >= 0.6 is 11.8 Å². The molecule has 0 fully saturated rings. The van der Waals surface area contributed by atoms with Gasteiger partial charge in [0.25, 0.3) is 5.56 Å². The summed E-state index contributed by atoms with van der Waals surface area (Å²) in [6, 6.07) is 7.44. The van der Waals surface area contributed by atoms with Crippen molar-refractivity contribution in [1.29, 1.82) is 0 Å². The van der Waals surface area contributed by atoms with Crippen LogP contribution in [0.1, 0.15) is 31.5 Å². The van der Waals surface area contributed by atoms with Crippen LogP contribution in [0.5, 0.6) is 0 Å². The Bertz CT molecular complexity index is 872. The van der Waals surface area contributed by atoms with Crippen LogP contribution in [0.4, 0.5) is 0 Å². The van der Waals surface area contributed by atoms with Crippen LogP contribution in [0.2, 0.25) is 0 Å². The van der Waals surface area contributed by atoms with E-state index in [4.69, 9.17) is 4.42 Å². The highest BCUT2D eigenvalue weighted by Crippen LogP contribution is 2.22. The Morgan fingerprint density at radius 1 is 1.26 bits per heavy atom. The smallest absolute Gasteiger partial charge is 0.262 e. The standard InChI is InChI=1S/C16H18N4O2S/c1-3-4-9-20-15(21)12-7-5-6-8-13(12)17-16(20)23-10-14-19-18-11(2)22-14/h5-8H,3-4,9-10H2,1-2H3. The predicted octanol–water partition coefficient (Wildman–Crippen LogP) is 3.18. The molecule has 0 unspecified atom stereocenters. The van der Waals surface area contributed by atoms with Crippen LogP contribution in [0, 0.1) is 6.92 Å². The maximum atomic E-state index is 12.7. The second-order valence-electron chi connectivity index (χ2n) is 5.23. The van der Waals surface area contributed by atoms with Gasteiger partial charge in [0.2, 0.25) is 11.8 Å². The van der Waals surface area contributed by atoms with E-state index in [0.717, 1.165) is 18.4 Å². The second kappa shape index (κ2) is 6.95. The largest absolute Gasteiger partial charge is 0.425 e. The maximum Gasteiger partial charge on any atom is 0.262 e. The van der Waals surface area contributed by atoms with Gasteiger partial charge < -0.3 is 4.42 Å². The van der Waals surface area contributed by atoms with Gasteiger partial charge in [-0.25, -0.2) is 4.98 Å². The van der Waals surface area contributed by atoms with Crippen molar-refractivity contribution in [2.75, 3.05) is 0 Å². The zero-order valence-corrected chi connectivity index (χ0v) is 14.0. The summed E-state index contributed by atoms with van der Waals surface area (Å²) in [5.74, 6) is 1.57. The van der Waals surface area contributed by atoms with Crippen LogP contribution in [0.3, 0.4) is 0 Å². The normalized spacial score (nSPS) is 11.2. The summed E-state index contributed by atoms with van der Waals surface area (Å²) >= 11 is 1.45. The third-order valence-electron chi connectivity index (χ3n) is 3.45. The fourth-order valence-corrected chi connectivity index (χ4v) is 3.16. The number of fused-ring (bicyclic) bond motifs is 1. The molecule has 0 amide bonds. The van der Waals surface area contributed by atoms with Gasteiger partial charge in [0, 0.05) is 13.5 Å². The lowest BCUT2D eigenvalue weighted by atomic mass is 10.2. The van der Waals surface area contributed by atoms with E-state index in [2.05, 4.69) is 22.1 Å².